The van der Waals surface area contributed by atoms with E-state index in [1.54, 1.807) is 35.9 Å². The van der Waals surface area contributed by atoms with Gasteiger partial charge >= 0.3 is 17.9 Å². The van der Waals surface area contributed by atoms with Crippen LogP contribution in [-0.4, -0.2) is 103 Å². The van der Waals surface area contributed by atoms with E-state index in [-0.39, 0.29) is 16.1 Å². The van der Waals surface area contributed by atoms with Crippen LogP contribution in [0.25, 0.3) is 22.3 Å². The molecule has 4 rings (SSSR count). The second-order valence-electron chi connectivity index (χ2n) is 9.87. The highest BCUT2D eigenvalue weighted by molar-refractivity contribution is 6.33. The van der Waals surface area contributed by atoms with Crippen molar-refractivity contribution in [1.82, 2.24) is 24.6 Å². The number of carbonyl (C=O) groups is 3. The van der Waals surface area contributed by atoms with E-state index in [4.69, 9.17) is 21.4 Å². The minimum Gasteiger partial charge on any atom is -0.481 e. The number of nitrogens with one attached hydrogen (secondary N) is 1. The molecule has 2 aromatic heterocycles. The van der Waals surface area contributed by atoms with Crippen LogP contribution in [0.1, 0.15) is 18.5 Å². The molecule has 13 nitrogen and oxygen atoms in total. The Balaban J connectivity index is 1.75. The second kappa shape index (κ2) is 11.8. The fraction of sp³-hybridized carbons (Fsp3) is 0.423. The number of likely N-dealkylation sites (N-methyl/N-ethyl adjacent to an activating group) is 1. The number of nitrogens with zero attached hydrogens (tertiary/aromatic N) is 4. The van der Waals surface area contributed by atoms with Gasteiger partial charge in [0, 0.05) is 38.3 Å². The van der Waals surface area contributed by atoms with Gasteiger partial charge in [-0.1, -0.05) is 29.8 Å². The lowest BCUT2D eigenvalue weighted by molar-refractivity contribution is -0.169. The number of rotatable bonds is 10. The van der Waals surface area contributed by atoms with Crippen LogP contribution in [0.5, 0.6) is 5.75 Å². The van der Waals surface area contributed by atoms with E-state index in [9.17, 15) is 29.4 Å². The van der Waals surface area contributed by atoms with Crippen molar-refractivity contribution < 1.29 is 34.4 Å². The first kappa shape index (κ1) is 29.2. The molecule has 214 valence electrons. The zero-order valence-electron chi connectivity index (χ0n) is 22.0. The topological polar surface area (TPSA) is 178 Å². The zero-order chi connectivity index (χ0) is 29.2. The van der Waals surface area contributed by atoms with E-state index >= 15 is 0 Å². The van der Waals surface area contributed by atoms with Crippen LogP contribution in [0.3, 0.4) is 0 Å². The molecule has 40 heavy (non-hydrogen) atoms. The summed E-state index contributed by atoms with van der Waals surface area (Å²) in [5.41, 5.74) is -2.49. The van der Waals surface area contributed by atoms with Crippen LogP contribution >= 0.6 is 11.6 Å². The highest BCUT2D eigenvalue weighted by Gasteiger charge is 2.42. The molecular formula is C26H30ClN5O8. The number of piperazine rings is 1. The van der Waals surface area contributed by atoms with Crippen molar-refractivity contribution in [3.05, 3.63) is 45.2 Å². The molecule has 0 bridgehead atoms. The summed E-state index contributed by atoms with van der Waals surface area (Å²) in [7, 11) is 2.07. The van der Waals surface area contributed by atoms with Crippen LogP contribution in [0.4, 0.5) is 0 Å². The molecule has 1 saturated heterocycles. The summed E-state index contributed by atoms with van der Waals surface area (Å²) in [5, 5.41) is 33.6. The Bertz CT molecular complexity index is 1510. The molecular weight excluding hydrogens is 546 g/mol. The van der Waals surface area contributed by atoms with E-state index in [0.717, 1.165) is 26.2 Å². The summed E-state index contributed by atoms with van der Waals surface area (Å²) in [6.45, 7) is 6.52. The number of aryl methyl sites for hydroxylation is 1. The molecule has 0 saturated carbocycles. The Morgan fingerprint density at radius 2 is 1.77 bits per heavy atom. The molecule has 14 heteroatoms. The number of aliphatic hydroxyl groups is 1. The molecule has 3 heterocycles. The molecule has 1 aliphatic heterocycles. The standard InChI is InChI=1S/C26H30ClN5O8/c1-15-20-22(36)23(40-19(35)14-26(39,25(37)38)13-18(33)34)21(16-5-3-4-6-17(16)27)28-24(20)32(29-15)12-11-31-9-7-30(2)8-10-31/h3-6,39H,7-14H2,1-2H3,(H,28,36)(H,33,34)(H,37,38). The zero-order valence-corrected chi connectivity index (χ0v) is 22.8. The number of hydrogen-bond acceptors (Lipinski definition) is 9. The van der Waals surface area contributed by atoms with Crippen molar-refractivity contribution >= 4 is 40.5 Å². The Morgan fingerprint density at radius 1 is 1.10 bits per heavy atom. The fourth-order valence-corrected chi connectivity index (χ4v) is 4.89. The molecule has 1 unspecified atom stereocenters. The number of benzene rings is 1. The Hall–Kier alpha value is -3.78. The average Bonchev–Trinajstić information content (AvgIpc) is 3.20. The first-order valence-electron chi connectivity index (χ1n) is 12.6. The quantitative estimate of drug-likeness (QED) is 0.255. The number of aromatic nitrogens is 3. The summed E-state index contributed by atoms with van der Waals surface area (Å²) in [6, 6.07) is 6.53. The van der Waals surface area contributed by atoms with Crippen molar-refractivity contribution in [2.24, 2.45) is 0 Å². The maximum absolute atomic E-state index is 13.7. The molecule has 1 aliphatic rings. The predicted octanol–water partition coefficient (Wildman–Crippen LogP) is 1.19. The van der Waals surface area contributed by atoms with Crippen LogP contribution in [0, 0.1) is 6.92 Å². The molecule has 0 spiro atoms. The molecule has 4 N–H and O–H groups in total. The van der Waals surface area contributed by atoms with Crippen molar-refractivity contribution in [3.8, 4) is 17.0 Å². The maximum Gasteiger partial charge on any atom is 0.336 e. The number of fused-ring (bicyclic) bond motifs is 1. The number of aliphatic carboxylic acids is 2. The Labute approximate surface area is 233 Å². The number of carboxylic acid groups (broad SMARTS) is 2. The third-order valence-corrected chi connectivity index (χ3v) is 7.22. The van der Waals surface area contributed by atoms with Crippen LogP contribution < -0.4 is 10.2 Å². The van der Waals surface area contributed by atoms with Crippen molar-refractivity contribution in [2.75, 3.05) is 39.8 Å². The van der Waals surface area contributed by atoms with Gasteiger partial charge in [0.1, 0.15) is 5.65 Å². The number of carboxylic acids is 2. The van der Waals surface area contributed by atoms with Gasteiger partial charge in [0.2, 0.25) is 11.2 Å². The van der Waals surface area contributed by atoms with Gasteiger partial charge in [0.05, 0.1) is 41.2 Å². The van der Waals surface area contributed by atoms with Gasteiger partial charge in [-0.15, -0.1) is 0 Å². The number of H-pyrrole nitrogens is 1. The van der Waals surface area contributed by atoms with Gasteiger partial charge in [-0.3, -0.25) is 19.3 Å². The lowest BCUT2D eigenvalue weighted by Crippen LogP contribution is -2.45. The number of aromatic amines is 1. The lowest BCUT2D eigenvalue weighted by atomic mass is 9.96. The summed E-state index contributed by atoms with van der Waals surface area (Å²) in [4.78, 5) is 56.9. The average molecular weight is 576 g/mol. The fourth-order valence-electron chi connectivity index (χ4n) is 4.66. The highest BCUT2D eigenvalue weighted by Crippen LogP contribution is 2.34. The number of pyridine rings is 1. The second-order valence-corrected chi connectivity index (χ2v) is 10.3. The molecule has 1 aromatic carbocycles. The summed E-state index contributed by atoms with van der Waals surface area (Å²) < 4.78 is 7.02. The maximum atomic E-state index is 13.7. The minimum atomic E-state index is -2.94. The molecule has 0 aliphatic carbocycles. The van der Waals surface area contributed by atoms with E-state index < -0.39 is 47.5 Å². The van der Waals surface area contributed by atoms with E-state index in [1.165, 1.54) is 0 Å². The first-order valence-corrected chi connectivity index (χ1v) is 12.9. The van der Waals surface area contributed by atoms with Crippen molar-refractivity contribution in [3.63, 3.8) is 0 Å². The van der Waals surface area contributed by atoms with E-state index in [0.29, 0.717) is 30.0 Å². The smallest absolute Gasteiger partial charge is 0.336 e. The van der Waals surface area contributed by atoms with Crippen molar-refractivity contribution in [1.29, 1.82) is 0 Å². The van der Waals surface area contributed by atoms with Crippen LogP contribution in [-0.2, 0) is 20.9 Å². The third-order valence-electron chi connectivity index (χ3n) is 6.89. The molecule has 3 aromatic rings. The lowest BCUT2D eigenvalue weighted by Gasteiger charge is -2.32. The van der Waals surface area contributed by atoms with Crippen molar-refractivity contribution in [2.45, 2.75) is 31.9 Å². The van der Waals surface area contributed by atoms with Gasteiger partial charge in [-0.25, -0.2) is 9.48 Å². The first-order chi connectivity index (χ1) is 18.9. The van der Waals surface area contributed by atoms with Gasteiger partial charge in [0.15, 0.2) is 5.60 Å². The van der Waals surface area contributed by atoms with E-state index in [2.05, 4.69) is 26.9 Å². The monoisotopic (exact) mass is 575 g/mol. The SMILES string of the molecule is Cc1nn(CCN2CCN(C)CC2)c2[nH]c(-c3ccccc3Cl)c(OC(=O)CC(O)(CC(=O)O)C(=O)O)c(=O)c12. The number of carbonyl (C=O) groups excluding carboxylic acids is 1. The van der Waals surface area contributed by atoms with Gasteiger partial charge < -0.3 is 29.9 Å². The predicted molar refractivity (Wildman–Crippen MR) is 145 cm³/mol. The van der Waals surface area contributed by atoms with Gasteiger partial charge in [-0.2, -0.15) is 5.10 Å². The van der Waals surface area contributed by atoms with Gasteiger partial charge in [-0.05, 0) is 20.0 Å². The Morgan fingerprint density at radius 3 is 2.40 bits per heavy atom. The van der Waals surface area contributed by atoms with Gasteiger partial charge in [0.25, 0.3) is 0 Å². The minimum absolute atomic E-state index is 0.0503. The van der Waals surface area contributed by atoms with E-state index in [1.807, 2.05) is 0 Å². The van der Waals surface area contributed by atoms with Crippen LogP contribution in [0.15, 0.2) is 29.1 Å². The Kier molecular flexibility index (Phi) is 8.59. The third kappa shape index (κ3) is 6.17. The summed E-state index contributed by atoms with van der Waals surface area (Å²) in [5.74, 6) is -5.34. The number of ether oxygens (including phenoxy) is 1. The molecule has 1 atom stereocenters. The number of halogens is 1. The largest absolute Gasteiger partial charge is 0.481 e. The number of esters is 1. The summed E-state index contributed by atoms with van der Waals surface area (Å²) >= 11 is 6.42. The summed E-state index contributed by atoms with van der Waals surface area (Å²) in [6.07, 6.45) is -2.46. The van der Waals surface area contributed by atoms with Crippen LogP contribution in [0.2, 0.25) is 5.02 Å². The highest BCUT2D eigenvalue weighted by atomic mass is 35.5. The number of hydrogen-bond donors (Lipinski definition) is 4. The molecule has 0 radical (unpaired) electrons. The normalized spacial score (nSPS) is 16.1. The molecule has 1 fully saturated rings. The molecule has 0 amide bonds.